The largest absolute Gasteiger partial charge is 0.313 e. The van der Waals surface area contributed by atoms with Crippen LogP contribution in [0.25, 0.3) is 132 Å². The number of rotatable bonds is 8. The topological polar surface area (TPSA) is 9.86 Å². The third-order valence-corrected chi connectivity index (χ3v) is 17.1. The summed E-state index contributed by atoms with van der Waals surface area (Å²) in [5.74, 6) is 0.472. The van der Waals surface area contributed by atoms with Crippen molar-refractivity contribution in [3.8, 4) is 56.1 Å². The standard InChI is InChI=1S/C76H52N2/c1-5-19-50(20-6-1)69-42-43-70(51-21-7-2-8-22-51)77(69)57-37-39-66-67(47-57)74(56-35-34-49-18-13-14-27-55(49)46-56)65-38-36-58(78-71(52-23-9-3-10-24-52)44-45-72(78)53-25-11-4-12-26-53)48-68(65)76(66)64-41-40-63-60-31-16-29-54-28-15-30-59(73(54)60)61-32-17-33-62(64)75(61)63/h1-21,23-25,27-48,51,53H,22,26H2. The summed E-state index contributed by atoms with van der Waals surface area (Å²) in [6.07, 6.45) is 20.0. The number of nitrogens with zero attached hydrogens (tertiary/aromatic N) is 2. The van der Waals surface area contributed by atoms with Crippen LogP contribution in [0.15, 0.2) is 279 Å². The molecule has 78 heavy (non-hydrogen) atoms. The van der Waals surface area contributed by atoms with E-state index in [0.29, 0.717) is 0 Å². The predicted molar refractivity (Wildman–Crippen MR) is 332 cm³/mol. The van der Waals surface area contributed by atoms with Crippen LogP contribution in [-0.4, -0.2) is 9.13 Å². The molecule has 0 aliphatic heterocycles. The Balaban J connectivity index is 1.06. The predicted octanol–water partition coefficient (Wildman–Crippen LogP) is 20.6. The Bertz CT molecular complexity index is 4790. The van der Waals surface area contributed by atoms with Crippen molar-refractivity contribution in [1.29, 1.82) is 0 Å². The van der Waals surface area contributed by atoms with Crippen molar-refractivity contribution in [1.82, 2.24) is 9.13 Å². The van der Waals surface area contributed by atoms with E-state index in [-0.39, 0.29) is 11.8 Å². The molecule has 14 aromatic rings. The zero-order valence-electron chi connectivity index (χ0n) is 43.0. The number of fused-ring (bicyclic) bond motifs is 5. The van der Waals surface area contributed by atoms with Gasteiger partial charge in [0, 0.05) is 34.6 Å². The molecule has 2 aliphatic carbocycles. The SMILES string of the molecule is C1=CCC(c2ccc(-c3ccccc3)n2-c2ccc3c(-c4ccc5c6cccc7cccc(c8cccc4c85)c76)c4cc(-n5c(-c6ccccc6)ccc5C5C=CC=CC5)ccc4c(-c4ccc5ccccc5c4)c3c2)C=C1. The van der Waals surface area contributed by atoms with E-state index in [1.165, 1.54) is 132 Å². The van der Waals surface area contributed by atoms with Crippen LogP contribution < -0.4 is 0 Å². The highest BCUT2D eigenvalue weighted by Gasteiger charge is 2.26. The zero-order chi connectivity index (χ0) is 51.3. The van der Waals surface area contributed by atoms with Crippen LogP contribution in [0.2, 0.25) is 0 Å². The maximum atomic E-state index is 2.54. The Morgan fingerprint density at radius 1 is 0.295 bits per heavy atom. The molecule has 0 radical (unpaired) electrons. The molecule has 2 atom stereocenters. The van der Waals surface area contributed by atoms with Crippen LogP contribution in [0.5, 0.6) is 0 Å². The van der Waals surface area contributed by atoms with Crippen LogP contribution >= 0.6 is 0 Å². The van der Waals surface area contributed by atoms with Gasteiger partial charge in [0.15, 0.2) is 0 Å². The van der Waals surface area contributed by atoms with Gasteiger partial charge in [-0.1, -0.05) is 225 Å². The van der Waals surface area contributed by atoms with Gasteiger partial charge in [0.05, 0.1) is 11.4 Å². The van der Waals surface area contributed by atoms with Crippen molar-refractivity contribution in [3.05, 3.63) is 291 Å². The average Bonchev–Trinajstić information content (AvgIpc) is 4.25. The van der Waals surface area contributed by atoms with E-state index in [2.05, 4.69) is 288 Å². The second-order valence-corrected chi connectivity index (χ2v) is 21.4. The Labute approximate surface area is 453 Å². The molecule has 0 N–H and O–H groups in total. The third-order valence-electron chi connectivity index (χ3n) is 17.1. The summed E-state index contributed by atoms with van der Waals surface area (Å²) in [6.45, 7) is 0. The molecule has 2 unspecified atom stereocenters. The normalized spacial score (nSPS) is 15.4. The van der Waals surface area contributed by atoms with Gasteiger partial charge in [-0.05, 0) is 176 Å². The summed E-state index contributed by atoms with van der Waals surface area (Å²) >= 11 is 0. The molecule has 0 saturated carbocycles. The first-order valence-corrected chi connectivity index (χ1v) is 27.5. The Kier molecular flexibility index (Phi) is 10.2. The highest BCUT2D eigenvalue weighted by molar-refractivity contribution is 6.35. The maximum Gasteiger partial charge on any atom is 0.0531 e. The molecular formula is C76H52N2. The van der Waals surface area contributed by atoms with E-state index in [0.717, 1.165) is 24.2 Å². The molecule has 0 fully saturated rings. The highest BCUT2D eigenvalue weighted by atomic mass is 15.0. The van der Waals surface area contributed by atoms with Crippen molar-refractivity contribution in [2.24, 2.45) is 0 Å². The smallest absolute Gasteiger partial charge is 0.0531 e. The fourth-order valence-electron chi connectivity index (χ4n) is 13.6. The first kappa shape index (κ1) is 44.5. The Hall–Kier alpha value is -9.76. The van der Waals surface area contributed by atoms with E-state index in [1.54, 1.807) is 0 Å². The number of allylic oxidation sites excluding steroid dienone is 8. The van der Waals surface area contributed by atoms with Crippen molar-refractivity contribution >= 4 is 75.4 Å². The maximum absolute atomic E-state index is 2.54. The van der Waals surface area contributed by atoms with Crippen molar-refractivity contribution in [3.63, 3.8) is 0 Å². The summed E-state index contributed by atoms with van der Waals surface area (Å²) in [7, 11) is 0. The fraction of sp³-hybridized carbons (Fsp3) is 0.0526. The summed E-state index contributed by atoms with van der Waals surface area (Å²) in [5.41, 5.74) is 14.5. The van der Waals surface area contributed by atoms with Gasteiger partial charge in [0.2, 0.25) is 0 Å². The van der Waals surface area contributed by atoms with Gasteiger partial charge < -0.3 is 9.13 Å². The highest BCUT2D eigenvalue weighted by Crippen LogP contribution is 2.50. The van der Waals surface area contributed by atoms with Crippen LogP contribution in [0, 0.1) is 0 Å². The molecule has 0 amide bonds. The molecule has 12 aromatic carbocycles. The number of aromatic nitrogens is 2. The molecule has 2 heterocycles. The van der Waals surface area contributed by atoms with E-state index in [4.69, 9.17) is 0 Å². The lowest BCUT2D eigenvalue weighted by Gasteiger charge is -2.24. The van der Waals surface area contributed by atoms with E-state index >= 15 is 0 Å². The summed E-state index contributed by atoms with van der Waals surface area (Å²) < 4.78 is 5.08. The number of hydrogen-bond acceptors (Lipinski definition) is 0. The first-order valence-electron chi connectivity index (χ1n) is 27.5. The average molecular weight is 993 g/mol. The van der Waals surface area contributed by atoms with Gasteiger partial charge in [0.25, 0.3) is 0 Å². The molecule has 2 aliphatic rings. The molecule has 2 nitrogen and oxygen atoms in total. The lowest BCUT2D eigenvalue weighted by molar-refractivity contribution is 0.786. The second-order valence-electron chi connectivity index (χ2n) is 21.4. The monoisotopic (exact) mass is 992 g/mol. The molecule has 2 aromatic heterocycles. The summed E-state index contributed by atoms with van der Waals surface area (Å²) in [6, 6.07) is 87.2. The number of hydrogen-bond donors (Lipinski definition) is 0. The van der Waals surface area contributed by atoms with Crippen LogP contribution in [0.3, 0.4) is 0 Å². The molecule has 0 saturated heterocycles. The quantitative estimate of drug-likeness (QED) is 0.106. The Morgan fingerprint density at radius 3 is 1.40 bits per heavy atom. The van der Waals surface area contributed by atoms with E-state index < -0.39 is 0 Å². The molecule has 2 heteroatoms. The molecular weight excluding hydrogens is 941 g/mol. The van der Waals surface area contributed by atoms with Gasteiger partial charge in [-0.15, -0.1) is 0 Å². The fourth-order valence-corrected chi connectivity index (χ4v) is 13.6. The second kappa shape index (κ2) is 17.9. The molecule has 0 bridgehead atoms. The van der Waals surface area contributed by atoms with Crippen LogP contribution in [0.4, 0.5) is 0 Å². The Morgan fingerprint density at radius 2 is 0.795 bits per heavy atom. The van der Waals surface area contributed by atoms with Crippen molar-refractivity contribution < 1.29 is 0 Å². The van der Waals surface area contributed by atoms with Crippen molar-refractivity contribution in [2.75, 3.05) is 0 Å². The summed E-state index contributed by atoms with van der Waals surface area (Å²) in [4.78, 5) is 0. The number of benzene rings is 12. The van der Waals surface area contributed by atoms with Gasteiger partial charge in [0.1, 0.15) is 0 Å². The minimum atomic E-state index is 0.234. The molecule has 366 valence electrons. The van der Waals surface area contributed by atoms with Gasteiger partial charge >= 0.3 is 0 Å². The lowest BCUT2D eigenvalue weighted by Crippen LogP contribution is -2.08. The first-order chi connectivity index (χ1) is 38.7. The van der Waals surface area contributed by atoms with Gasteiger partial charge in [-0.25, -0.2) is 0 Å². The zero-order valence-corrected chi connectivity index (χ0v) is 43.0. The van der Waals surface area contributed by atoms with Crippen molar-refractivity contribution in [2.45, 2.75) is 24.7 Å². The molecule has 16 rings (SSSR count). The molecule has 0 spiro atoms. The van der Waals surface area contributed by atoms with Crippen LogP contribution in [-0.2, 0) is 0 Å². The minimum Gasteiger partial charge on any atom is -0.313 e. The lowest BCUT2D eigenvalue weighted by atomic mass is 9.82. The van der Waals surface area contributed by atoms with E-state index in [9.17, 15) is 0 Å². The van der Waals surface area contributed by atoms with E-state index in [1.807, 2.05) is 0 Å². The van der Waals surface area contributed by atoms with Crippen LogP contribution in [0.1, 0.15) is 36.1 Å². The third kappa shape index (κ3) is 6.96. The summed E-state index contributed by atoms with van der Waals surface area (Å²) in [5, 5.41) is 17.7. The van der Waals surface area contributed by atoms with Gasteiger partial charge in [-0.2, -0.15) is 0 Å². The minimum absolute atomic E-state index is 0.234. The van der Waals surface area contributed by atoms with Gasteiger partial charge in [-0.3, -0.25) is 0 Å².